The second kappa shape index (κ2) is 9.63. The maximum absolute atomic E-state index is 12.8. The van der Waals surface area contributed by atoms with Crippen molar-refractivity contribution in [3.63, 3.8) is 0 Å². The van der Waals surface area contributed by atoms with Crippen molar-refractivity contribution in [2.24, 2.45) is 5.92 Å². The van der Waals surface area contributed by atoms with Gasteiger partial charge < -0.3 is 20.1 Å². The van der Waals surface area contributed by atoms with Gasteiger partial charge in [0, 0.05) is 13.1 Å². The van der Waals surface area contributed by atoms with Crippen molar-refractivity contribution in [2.45, 2.75) is 19.8 Å². The van der Waals surface area contributed by atoms with E-state index in [1.54, 1.807) is 37.3 Å². The summed E-state index contributed by atoms with van der Waals surface area (Å²) in [6, 6.07) is 11.2. The molecule has 1 aliphatic heterocycles. The number of esters is 1. The Hall–Kier alpha value is -3.06. The van der Waals surface area contributed by atoms with Crippen LogP contribution >= 0.6 is 11.6 Å². The summed E-state index contributed by atoms with van der Waals surface area (Å²) in [5.74, 6) is -2.06. The highest BCUT2D eigenvalue weighted by Gasteiger charge is 2.28. The number of anilines is 2. The van der Waals surface area contributed by atoms with Gasteiger partial charge in [-0.3, -0.25) is 9.59 Å². The zero-order valence-electron chi connectivity index (χ0n) is 16.6. The van der Waals surface area contributed by atoms with E-state index in [0.29, 0.717) is 36.1 Å². The Bertz CT molecular complexity index is 962. The summed E-state index contributed by atoms with van der Waals surface area (Å²) in [6.45, 7) is 3.20. The summed E-state index contributed by atoms with van der Waals surface area (Å²) in [6.07, 6.45) is 1.51. The molecule has 7 nitrogen and oxygen atoms in total. The largest absolute Gasteiger partial charge is 0.478 e. The minimum absolute atomic E-state index is 0.0483. The molecule has 0 aliphatic carbocycles. The first-order valence-electron chi connectivity index (χ1n) is 9.75. The molecular weight excluding hydrogens is 408 g/mol. The van der Waals surface area contributed by atoms with Crippen molar-refractivity contribution in [3.8, 4) is 0 Å². The predicted octanol–water partition coefficient (Wildman–Crippen LogP) is 4.07. The minimum atomic E-state index is -1.10. The van der Waals surface area contributed by atoms with Gasteiger partial charge in [0.25, 0.3) is 5.91 Å². The molecule has 1 saturated heterocycles. The fourth-order valence-corrected chi connectivity index (χ4v) is 3.75. The highest BCUT2D eigenvalue weighted by Crippen LogP contribution is 2.32. The number of hydrogen-bond acceptors (Lipinski definition) is 5. The Kier molecular flexibility index (Phi) is 6.95. The maximum atomic E-state index is 12.8. The summed E-state index contributed by atoms with van der Waals surface area (Å²) in [4.78, 5) is 38.4. The van der Waals surface area contributed by atoms with E-state index in [1.807, 2.05) is 4.90 Å². The lowest BCUT2D eigenvalue weighted by Crippen LogP contribution is -2.39. The van der Waals surface area contributed by atoms with Gasteiger partial charge in [-0.1, -0.05) is 23.7 Å². The molecule has 0 saturated carbocycles. The summed E-state index contributed by atoms with van der Waals surface area (Å²) >= 11 is 6.12. The molecule has 0 aromatic heterocycles. The molecule has 0 unspecified atom stereocenters. The summed E-state index contributed by atoms with van der Waals surface area (Å²) in [5.41, 5.74) is 1.33. The van der Waals surface area contributed by atoms with E-state index in [1.165, 1.54) is 12.1 Å². The number of carbonyl (C=O) groups is 3. The van der Waals surface area contributed by atoms with Crippen molar-refractivity contribution in [1.29, 1.82) is 0 Å². The van der Waals surface area contributed by atoms with Crippen LogP contribution in [0.3, 0.4) is 0 Å². The van der Waals surface area contributed by atoms with E-state index in [0.717, 1.165) is 12.8 Å². The number of ether oxygens (including phenoxy) is 1. The molecule has 3 rings (SSSR count). The number of carbonyl (C=O) groups excluding carboxylic acids is 2. The van der Waals surface area contributed by atoms with Gasteiger partial charge in [-0.2, -0.15) is 0 Å². The highest BCUT2D eigenvalue weighted by molar-refractivity contribution is 6.34. The zero-order chi connectivity index (χ0) is 21.7. The van der Waals surface area contributed by atoms with E-state index < -0.39 is 11.9 Å². The van der Waals surface area contributed by atoms with E-state index >= 15 is 0 Å². The van der Waals surface area contributed by atoms with Crippen LogP contribution in [-0.4, -0.2) is 42.6 Å². The topological polar surface area (TPSA) is 95.9 Å². The van der Waals surface area contributed by atoms with Gasteiger partial charge in [0.1, 0.15) is 0 Å². The zero-order valence-corrected chi connectivity index (χ0v) is 17.3. The highest BCUT2D eigenvalue weighted by atomic mass is 35.5. The molecule has 8 heteroatoms. The molecule has 158 valence electrons. The number of amides is 1. The van der Waals surface area contributed by atoms with Crippen LogP contribution in [-0.2, 0) is 9.53 Å². The van der Waals surface area contributed by atoms with Crippen LogP contribution in [0.1, 0.15) is 40.5 Å². The minimum Gasteiger partial charge on any atom is -0.478 e. The number of carboxylic acid groups (broad SMARTS) is 1. The molecule has 1 fully saturated rings. The van der Waals surface area contributed by atoms with E-state index in [9.17, 15) is 19.5 Å². The quantitative estimate of drug-likeness (QED) is 0.670. The van der Waals surface area contributed by atoms with Gasteiger partial charge in [-0.05, 0) is 50.1 Å². The number of rotatable bonds is 6. The van der Waals surface area contributed by atoms with Gasteiger partial charge in [0.15, 0.2) is 0 Å². The molecule has 1 amide bonds. The van der Waals surface area contributed by atoms with Crippen LogP contribution in [0.2, 0.25) is 5.02 Å². The van der Waals surface area contributed by atoms with E-state index in [4.69, 9.17) is 16.3 Å². The van der Waals surface area contributed by atoms with Crippen LogP contribution < -0.4 is 10.2 Å². The summed E-state index contributed by atoms with van der Waals surface area (Å²) < 4.78 is 5.15. The molecule has 1 heterocycles. The van der Waals surface area contributed by atoms with Gasteiger partial charge in [0.05, 0.1) is 40.0 Å². The van der Waals surface area contributed by atoms with E-state index in [-0.39, 0.29) is 23.0 Å². The molecule has 1 aliphatic rings. The molecule has 1 atom stereocenters. The molecule has 0 spiro atoms. The average Bonchev–Trinajstić information content (AvgIpc) is 2.74. The second-order valence-electron chi connectivity index (χ2n) is 7.01. The third-order valence-electron chi connectivity index (χ3n) is 4.99. The molecule has 0 bridgehead atoms. The smallest absolute Gasteiger partial charge is 0.335 e. The Labute approximate surface area is 179 Å². The number of hydrogen-bond donors (Lipinski definition) is 2. The molecule has 2 aromatic carbocycles. The molecule has 2 N–H and O–H groups in total. The third kappa shape index (κ3) is 4.91. The number of nitrogens with zero attached hydrogens (tertiary/aromatic N) is 1. The fraction of sp³-hybridized carbons (Fsp3) is 0.318. The Morgan fingerprint density at radius 3 is 2.70 bits per heavy atom. The number of carboxylic acids is 1. The molecular formula is C22H23ClN2O5. The SMILES string of the molecule is CCOC(=O)[C@@H]1CCCN(c2ccc(C(=O)O)cc2NC(=O)c2ccccc2Cl)C1. The van der Waals surface area contributed by atoms with Crippen molar-refractivity contribution in [2.75, 3.05) is 29.9 Å². The standard InChI is InChI=1S/C22H23ClN2O5/c1-2-30-22(29)15-6-5-11-25(13-15)19-10-9-14(21(27)28)12-18(19)24-20(26)16-7-3-4-8-17(16)23/h3-4,7-10,12,15H,2,5-6,11,13H2,1H3,(H,24,26)(H,27,28)/t15-/m1/s1. The number of benzene rings is 2. The Morgan fingerprint density at radius 2 is 2.00 bits per heavy atom. The number of piperidine rings is 1. The second-order valence-corrected chi connectivity index (χ2v) is 7.42. The lowest BCUT2D eigenvalue weighted by Gasteiger charge is -2.34. The molecule has 2 aromatic rings. The van der Waals surface area contributed by atoms with Gasteiger partial charge in [-0.25, -0.2) is 4.79 Å². The summed E-state index contributed by atoms with van der Waals surface area (Å²) in [5, 5.41) is 12.5. The molecule has 0 radical (unpaired) electrons. The van der Waals surface area contributed by atoms with Crippen molar-refractivity contribution in [1.82, 2.24) is 0 Å². The normalized spacial score (nSPS) is 16.1. The summed E-state index contributed by atoms with van der Waals surface area (Å²) in [7, 11) is 0. The van der Waals surface area contributed by atoms with Crippen LogP contribution in [0.4, 0.5) is 11.4 Å². The van der Waals surface area contributed by atoms with Gasteiger partial charge >= 0.3 is 11.9 Å². The number of halogens is 1. The predicted molar refractivity (Wildman–Crippen MR) is 114 cm³/mol. The van der Waals surface area contributed by atoms with E-state index in [2.05, 4.69) is 5.32 Å². The first-order valence-corrected chi connectivity index (χ1v) is 10.1. The average molecular weight is 431 g/mol. The first kappa shape index (κ1) is 21.6. The van der Waals surface area contributed by atoms with Crippen molar-refractivity contribution in [3.05, 3.63) is 58.6 Å². The third-order valence-corrected chi connectivity index (χ3v) is 5.32. The van der Waals surface area contributed by atoms with Crippen LogP contribution in [0.5, 0.6) is 0 Å². The van der Waals surface area contributed by atoms with Crippen LogP contribution in [0.25, 0.3) is 0 Å². The van der Waals surface area contributed by atoms with Gasteiger partial charge in [-0.15, -0.1) is 0 Å². The van der Waals surface area contributed by atoms with Crippen molar-refractivity contribution < 1.29 is 24.2 Å². The first-order chi connectivity index (χ1) is 14.4. The molecule has 30 heavy (non-hydrogen) atoms. The monoisotopic (exact) mass is 430 g/mol. The lowest BCUT2D eigenvalue weighted by molar-refractivity contribution is -0.148. The van der Waals surface area contributed by atoms with Crippen LogP contribution in [0, 0.1) is 5.92 Å². The Balaban J connectivity index is 1.91. The van der Waals surface area contributed by atoms with Crippen LogP contribution in [0.15, 0.2) is 42.5 Å². The number of nitrogens with one attached hydrogen (secondary N) is 1. The lowest BCUT2D eigenvalue weighted by atomic mass is 9.97. The fourth-order valence-electron chi connectivity index (χ4n) is 3.53. The maximum Gasteiger partial charge on any atom is 0.335 e. The Morgan fingerprint density at radius 1 is 1.23 bits per heavy atom. The van der Waals surface area contributed by atoms with Crippen molar-refractivity contribution >= 4 is 40.8 Å². The number of aromatic carboxylic acids is 1. The van der Waals surface area contributed by atoms with Gasteiger partial charge in [0.2, 0.25) is 0 Å².